The van der Waals surface area contributed by atoms with Gasteiger partial charge in [0.1, 0.15) is 0 Å². The van der Waals surface area contributed by atoms with Gasteiger partial charge in [-0.2, -0.15) is 0 Å². The summed E-state index contributed by atoms with van der Waals surface area (Å²) >= 11 is 0. The fourth-order valence-corrected chi connectivity index (χ4v) is 0.282. The Morgan fingerprint density at radius 3 is 2.18 bits per heavy atom. The highest BCUT2D eigenvalue weighted by atomic mass is 31.0. The van der Waals surface area contributed by atoms with Gasteiger partial charge in [0, 0.05) is 17.6 Å². The van der Waals surface area contributed by atoms with Crippen molar-refractivity contribution < 1.29 is 0 Å². The minimum atomic E-state index is 0.750. The number of aliphatic imine (C=N–C) groups is 1. The Morgan fingerprint density at radius 2 is 1.91 bits per heavy atom. The molecule has 64 valence electrons. The van der Waals surface area contributed by atoms with Gasteiger partial charge in [-0.15, -0.1) is 9.24 Å². The predicted octanol–water partition coefficient (Wildman–Crippen LogP) is 1.94. The Morgan fingerprint density at radius 1 is 1.45 bits per heavy atom. The van der Waals surface area contributed by atoms with Crippen LogP contribution >= 0.6 is 9.24 Å². The van der Waals surface area contributed by atoms with Crippen molar-refractivity contribution in [1.82, 2.24) is 0 Å². The van der Waals surface area contributed by atoms with Crippen LogP contribution in [0.1, 0.15) is 13.8 Å². The summed E-state index contributed by atoms with van der Waals surface area (Å²) in [5.41, 5.74) is 6.85. The van der Waals surface area contributed by atoms with Gasteiger partial charge in [-0.05, 0) is 19.9 Å². The highest BCUT2D eigenvalue weighted by Crippen LogP contribution is 1.85. The maximum atomic E-state index is 5.32. The SMILES string of the molecule is C=C(C)N=C/C=C(\C)N.CP. The molecule has 0 fully saturated rings. The van der Waals surface area contributed by atoms with Crippen LogP contribution in [0.4, 0.5) is 0 Å². The molecule has 0 aromatic carbocycles. The van der Waals surface area contributed by atoms with Crippen molar-refractivity contribution in [3.63, 3.8) is 0 Å². The summed E-state index contributed by atoms with van der Waals surface area (Å²) in [5, 5.41) is 0. The van der Waals surface area contributed by atoms with E-state index in [2.05, 4.69) is 20.8 Å². The quantitative estimate of drug-likeness (QED) is 0.501. The highest BCUT2D eigenvalue weighted by molar-refractivity contribution is 7.15. The molecule has 1 atom stereocenters. The molecule has 0 aromatic heterocycles. The molecule has 0 saturated heterocycles. The van der Waals surface area contributed by atoms with Crippen LogP contribution in [0.25, 0.3) is 0 Å². The molecular formula is C8H17N2P. The second-order valence-corrected chi connectivity index (χ2v) is 1.92. The third kappa shape index (κ3) is 17.7. The topological polar surface area (TPSA) is 38.4 Å². The molecule has 0 bridgehead atoms. The third-order valence-corrected chi connectivity index (χ3v) is 0.632. The highest BCUT2D eigenvalue weighted by Gasteiger charge is 1.72. The lowest BCUT2D eigenvalue weighted by Gasteiger charge is -1.83. The molecule has 1 unspecified atom stereocenters. The van der Waals surface area contributed by atoms with Gasteiger partial charge >= 0.3 is 0 Å². The van der Waals surface area contributed by atoms with E-state index in [1.54, 1.807) is 12.3 Å². The van der Waals surface area contributed by atoms with Gasteiger partial charge in [0.25, 0.3) is 0 Å². The smallest absolute Gasteiger partial charge is 0.0300 e. The number of hydrogen-bond donors (Lipinski definition) is 1. The van der Waals surface area contributed by atoms with E-state index in [0.29, 0.717) is 0 Å². The first-order valence-corrected chi connectivity index (χ1v) is 4.48. The second kappa shape index (κ2) is 9.38. The van der Waals surface area contributed by atoms with Crippen LogP contribution < -0.4 is 5.73 Å². The maximum Gasteiger partial charge on any atom is 0.0300 e. The van der Waals surface area contributed by atoms with Gasteiger partial charge in [0.15, 0.2) is 0 Å². The first-order chi connectivity index (χ1) is 5.13. The van der Waals surface area contributed by atoms with Crippen molar-refractivity contribution in [3.8, 4) is 0 Å². The van der Waals surface area contributed by atoms with Crippen LogP contribution in [-0.2, 0) is 0 Å². The van der Waals surface area contributed by atoms with E-state index in [1.165, 1.54) is 0 Å². The molecule has 0 aromatic rings. The summed E-state index contributed by atoms with van der Waals surface area (Å²) in [6, 6.07) is 0. The number of hydrogen-bond acceptors (Lipinski definition) is 2. The van der Waals surface area contributed by atoms with Crippen LogP contribution in [0.3, 0.4) is 0 Å². The molecule has 2 N–H and O–H groups in total. The largest absolute Gasteiger partial charge is 0.402 e. The van der Waals surface area contributed by atoms with Gasteiger partial charge < -0.3 is 5.73 Å². The fourth-order valence-electron chi connectivity index (χ4n) is 0.282. The number of rotatable bonds is 2. The van der Waals surface area contributed by atoms with E-state index in [-0.39, 0.29) is 0 Å². The molecular weight excluding hydrogens is 155 g/mol. The Hall–Kier alpha value is -0.620. The van der Waals surface area contributed by atoms with Crippen LogP contribution in [0.2, 0.25) is 0 Å². The lowest BCUT2D eigenvalue weighted by Crippen LogP contribution is -1.89. The zero-order valence-corrected chi connectivity index (χ0v) is 8.62. The molecule has 11 heavy (non-hydrogen) atoms. The van der Waals surface area contributed by atoms with E-state index in [9.17, 15) is 0 Å². The van der Waals surface area contributed by atoms with E-state index >= 15 is 0 Å². The van der Waals surface area contributed by atoms with Crippen LogP contribution in [-0.4, -0.2) is 12.9 Å². The summed E-state index contributed by atoms with van der Waals surface area (Å²) < 4.78 is 0. The Balaban J connectivity index is 0. The minimum Gasteiger partial charge on any atom is -0.402 e. The average Bonchev–Trinajstić information content (AvgIpc) is 1.90. The molecule has 0 aliphatic carbocycles. The molecule has 2 nitrogen and oxygen atoms in total. The molecule has 0 amide bonds. The Bertz CT molecular complexity index is 155. The average molecular weight is 172 g/mol. The molecule has 0 saturated carbocycles. The van der Waals surface area contributed by atoms with E-state index in [0.717, 1.165) is 11.4 Å². The molecule has 0 spiro atoms. The zero-order valence-electron chi connectivity index (χ0n) is 7.46. The molecule has 0 rings (SSSR count). The van der Waals surface area contributed by atoms with E-state index in [1.807, 2.05) is 20.5 Å². The summed E-state index contributed by atoms with van der Waals surface area (Å²) in [7, 11) is 2.42. The van der Waals surface area contributed by atoms with Gasteiger partial charge in [0.2, 0.25) is 0 Å². The molecule has 0 radical (unpaired) electrons. The summed E-state index contributed by atoms with van der Waals surface area (Å²) in [6.45, 7) is 9.14. The first kappa shape index (κ1) is 13.0. The van der Waals surface area contributed by atoms with Crippen LogP contribution in [0.5, 0.6) is 0 Å². The monoisotopic (exact) mass is 172 g/mol. The molecule has 0 aliphatic rings. The zero-order chi connectivity index (χ0) is 9.28. The number of nitrogens with two attached hydrogens (primary N) is 1. The van der Waals surface area contributed by atoms with Crippen LogP contribution in [0, 0.1) is 0 Å². The van der Waals surface area contributed by atoms with Crippen molar-refractivity contribution in [2.75, 3.05) is 6.66 Å². The van der Waals surface area contributed by atoms with Gasteiger partial charge in [0.05, 0.1) is 0 Å². The first-order valence-electron chi connectivity index (χ1n) is 3.32. The summed E-state index contributed by atoms with van der Waals surface area (Å²) in [6.07, 6.45) is 3.37. The lowest BCUT2D eigenvalue weighted by molar-refractivity contribution is 1.31. The van der Waals surface area contributed by atoms with Gasteiger partial charge in [-0.1, -0.05) is 13.2 Å². The normalized spacial score (nSPS) is 10.7. The van der Waals surface area contributed by atoms with Gasteiger partial charge in [-0.3, -0.25) is 4.99 Å². The van der Waals surface area contributed by atoms with Crippen molar-refractivity contribution in [2.24, 2.45) is 10.7 Å². The molecule has 0 aliphatic heterocycles. The minimum absolute atomic E-state index is 0.750. The fraction of sp³-hybridized carbons (Fsp3) is 0.375. The predicted molar refractivity (Wildman–Crippen MR) is 56.9 cm³/mol. The van der Waals surface area contributed by atoms with Crippen molar-refractivity contribution in [2.45, 2.75) is 13.8 Å². The maximum absolute atomic E-state index is 5.32. The van der Waals surface area contributed by atoms with E-state index in [4.69, 9.17) is 5.73 Å². The lowest BCUT2D eigenvalue weighted by atomic mass is 10.5. The van der Waals surface area contributed by atoms with Crippen molar-refractivity contribution in [1.29, 1.82) is 0 Å². The summed E-state index contributed by atoms with van der Waals surface area (Å²) in [4.78, 5) is 3.89. The molecule has 3 heteroatoms. The van der Waals surface area contributed by atoms with E-state index < -0.39 is 0 Å². The standard InChI is InChI=1S/C7H12N2.CH5P/c1-6(2)9-5-4-7(3)8;1-2/h4-5H,1,8H2,2-3H3;2H2,1H3/b7-4+,9-5?;. The second-order valence-electron chi connectivity index (χ2n) is 1.92. The van der Waals surface area contributed by atoms with Crippen LogP contribution in [0.15, 0.2) is 29.0 Å². The van der Waals surface area contributed by atoms with Gasteiger partial charge in [-0.25, -0.2) is 0 Å². The van der Waals surface area contributed by atoms with Crippen molar-refractivity contribution >= 4 is 15.5 Å². The Labute approximate surface area is 71.5 Å². The number of allylic oxidation sites excluding steroid dienone is 3. The van der Waals surface area contributed by atoms with Crippen molar-refractivity contribution in [3.05, 3.63) is 24.0 Å². The number of nitrogens with zero attached hydrogens (tertiary/aromatic N) is 1. The summed E-state index contributed by atoms with van der Waals surface area (Å²) in [5.74, 6) is 0. The molecule has 0 heterocycles. The third-order valence-electron chi connectivity index (χ3n) is 0.632. The Kier molecular flexibility index (Phi) is 11.1.